The predicted octanol–water partition coefficient (Wildman–Crippen LogP) is 5.36. The second-order valence-electron chi connectivity index (χ2n) is 8.25. The first-order valence-electron chi connectivity index (χ1n) is 9.95. The third-order valence-electron chi connectivity index (χ3n) is 4.71. The Labute approximate surface area is 188 Å². The summed E-state index contributed by atoms with van der Waals surface area (Å²) in [7, 11) is -4.75. The monoisotopic (exact) mass is 414 g/mol. The first-order valence-corrected chi connectivity index (χ1v) is 11.5. The van der Waals surface area contributed by atoms with E-state index in [2.05, 4.69) is 32.2 Å². The molecular weight excluding hydrogens is 374 g/mol. The van der Waals surface area contributed by atoms with Crippen LogP contribution in [0.25, 0.3) is 0 Å². The maximum atomic E-state index is 11.3. The average molecular weight is 414 g/mol. The summed E-state index contributed by atoms with van der Waals surface area (Å²) in [6.07, 6.45) is 11.8. The Hall–Kier alpha value is 0.360. The van der Waals surface area contributed by atoms with E-state index in [-0.39, 0.29) is 29.6 Å². The van der Waals surface area contributed by atoms with Crippen LogP contribution in [0.15, 0.2) is 11.6 Å². The zero-order valence-electron chi connectivity index (χ0n) is 17.2. The fraction of sp³-hybridized carbons (Fsp3) is 0.850. The van der Waals surface area contributed by atoms with Crippen molar-refractivity contribution in [3.8, 4) is 0 Å². The summed E-state index contributed by atoms with van der Waals surface area (Å²) in [6.45, 7) is 11.0. The molecule has 0 spiro atoms. The van der Waals surface area contributed by atoms with Gasteiger partial charge in [-0.05, 0) is 37.5 Å². The molecule has 27 heavy (non-hydrogen) atoms. The van der Waals surface area contributed by atoms with Crippen molar-refractivity contribution in [1.82, 2.24) is 0 Å². The quantitative estimate of drug-likeness (QED) is 0.227. The first-order chi connectivity index (χ1) is 12.0. The van der Waals surface area contributed by atoms with Crippen LogP contribution in [0, 0.1) is 17.8 Å². The normalized spacial score (nSPS) is 14.6. The van der Waals surface area contributed by atoms with Gasteiger partial charge in [0.05, 0.1) is 0 Å². The van der Waals surface area contributed by atoms with Gasteiger partial charge in [0.15, 0.2) is 0 Å². The van der Waals surface area contributed by atoms with Crippen LogP contribution in [0.2, 0.25) is 0 Å². The van der Waals surface area contributed by atoms with Crippen LogP contribution in [0.3, 0.4) is 0 Å². The summed E-state index contributed by atoms with van der Waals surface area (Å²) in [4.78, 5) is 28.5. The molecule has 0 amide bonds. The average Bonchev–Trinajstić information content (AvgIpc) is 2.44. The maximum absolute atomic E-state index is 11.3. The van der Waals surface area contributed by atoms with Gasteiger partial charge >= 0.3 is 43.3 Å². The Morgan fingerprint density at radius 3 is 1.81 bits per heavy atom. The molecule has 0 rings (SSSR count). The Bertz CT molecular complexity index is 473. The van der Waals surface area contributed by atoms with Crippen LogP contribution < -0.4 is 0 Å². The molecule has 0 aromatic heterocycles. The van der Waals surface area contributed by atoms with E-state index < -0.39 is 13.8 Å². The number of rotatable bonds is 14. The van der Waals surface area contributed by atoms with Gasteiger partial charge in [-0.2, -0.15) is 0 Å². The van der Waals surface area contributed by atoms with Gasteiger partial charge in [0.25, 0.3) is 0 Å². The van der Waals surface area contributed by atoms with Gasteiger partial charge in [0, 0.05) is 6.08 Å². The molecule has 0 fully saturated rings. The van der Waals surface area contributed by atoms with E-state index in [1.807, 2.05) is 0 Å². The second kappa shape index (κ2) is 16.2. The fourth-order valence-corrected chi connectivity index (χ4v) is 3.41. The van der Waals surface area contributed by atoms with Gasteiger partial charge in [0.1, 0.15) is 0 Å². The summed E-state index contributed by atoms with van der Waals surface area (Å²) < 4.78 is 14.6. The summed E-state index contributed by atoms with van der Waals surface area (Å²) >= 11 is 0. The molecule has 0 aliphatic rings. The molecule has 0 aromatic rings. The predicted molar refractivity (Wildman–Crippen MR) is 114 cm³/mol. The van der Waals surface area contributed by atoms with Gasteiger partial charge in [-0.1, -0.05) is 78.2 Å². The van der Waals surface area contributed by atoms with Crippen molar-refractivity contribution in [3.63, 3.8) is 0 Å². The van der Waals surface area contributed by atoms with Crippen LogP contribution in [0.1, 0.15) is 92.4 Å². The van der Waals surface area contributed by atoms with E-state index in [9.17, 15) is 9.36 Å². The molecule has 0 saturated heterocycles. The van der Waals surface area contributed by atoms with Crippen LogP contribution in [-0.4, -0.2) is 45.3 Å². The zero-order chi connectivity index (χ0) is 20.2. The van der Waals surface area contributed by atoms with Gasteiger partial charge < -0.3 is 4.52 Å². The van der Waals surface area contributed by atoms with Crippen LogP contribution >= 0.6 is 7.82 Å². The number of allylic oxidation sites excluding steroid dienone is 1. The summed E-state index contributed by atoms with van der Waals surface area (Å²) in [5, 5.41) is 0. The molecule has 7 heteroatoms. The summed E-state index contributed by atoms with van der Waals surface area (Å²) in [5.74, 6) is 1.30. The topological polar surface area (TPSA) is 83.8 Å². The minimum atomic E-state index is -4.75. The summed E-state index contributed by atoms with van der Waals surface area (Å²) in [6, 6.07) is 0. The van der Waals surface area contributed by atoms with Crippen molar-refractivity contribution in [3.05, 3.63) is 11.6 Å². The van der Waals surface area contributed by atoms with Crippen molar-refractivity contribution in [2.75, 3.05) is 0 Å². The molecule has 0 aliphatic carbocycles. The molecule has 0 aromatic carbocycles. The number of phosphoric acid groups is 1. The fourth-order valence-electron chi connectivity index (χ4n) is 3.12. The van der Waals surface area contributed by atoms with Crippen LogP contribution in [0.4, 0.5) is 0 Å². The first kappa shape index (κ1) is 29.6. The van der Waals surface area contributed by atoms with E-state index in [0.717, 1.165) is 36.7 Å². The molecule has 156 valence electrons. The Balaban J connectivity index is 0. The van der Waals surface area contributed by atoms with Crippen molar-refractivity contribution in [1.29, 1.82) is 0 Å². The molecule has 2 atom stereocenters. The Morgan fingerprint density at radius 2 is 1.37 bits per heavy atom. The van der Waals surface area contributed by atoms with Gasteiger partial charge in [-0.3, -0.25) is 9.79 Å². The van der Waals surface area contributed by atoms with Crippen LogP contribution in [-0.2, 0) is 13.9 Å². The van der Waals surface area contributed by atoms with Gasteiger partial charge in [0.2, 0.25) is 0 Å². The molecule has 0 heterocycles. The second-order valence-corrected chi connectivity index (χ2v) is 9.41. The van der Waals surface area contributed by atoms with E-state index >= 15 is 0 Å². The third-order valence-corrected chi connectivity index (χ3v) is 5.13. The number of carbonyl (C=O) groups excluding carboxylic acids is 1. The molecular formula is C20H40NaO5P. The number of hydrogen-bond acceptors (Lipinski definition) is 3. The standard InChI is InChI=1S/C20H39O5P.Na.H/c1-16(2)9-6-10-17(3)11-7-12-18(4)13-8-14-19(5)15-20(21)25-26(22,23)24;;/h15-18H,6-14H2,1-5H3,(H2,22,23,24);;/b19-15+;;/t17-,18-;;/m1../s1. The van der Waals surface area contributed by atoms with Crippen molar-refractivity contribution >= 4 is 43.3 Å². The van der Waals surface area contributed by atoms with Crippen molar-refractivity contribution in [2.24, 2.45) is 17.8 Å². The number of carbonyl (C=O) groups is 1. The third kappa shape index (κ3) is 20.9. The molecule has 0 radical (unpaired) electrons. The Morgan fingerprint density at radius 1 is 0.926 bits per heavy atom. The SMILES string of the molecule is C/C(=C\C(=O)OP(=O)(O)O)CCC[C@H](C)CCC[C@H](C)CCCC(C)C.[NaH]. The van der Waals surface area contributed by atoms with E-state index in [1.54, 1.807) is 6.92 Å². The van der Waals surface area contributed by atoms with E-state index in [4.69, 9.17) is 9.79 Å². The molecule has 0 saturated carbocycles. The molecule has 0 bridgehead atoms. The minimum absolute atomic E-state index is 0. The van der Waals surface area contributed by atoms with Gasteiger partial charge in [-0.15, -0.1) is 0 Å². The number of hydrogen-bond donors (Lipinski definition) is 2. The molecule has 0 aliphatic heterocycles. The summed E-state index contributed by atoms with van der Waals surface area (Å²) in [5.41, 5.74) is 0.787. The Kier molecular flexibility index (Phi) is 17.7. The zero-order valence-corrected chi connectivity index (χ0v) is 18.1. The van der Waals surface area contributed by atoms with Crippen LogP contribution in [0.5, 0.6) is 0 Å². The van der Waals surface area contributed by atoms with E-state index in [0.29, 0.717) is 5.92 Å². The molecule has 2 N–H and O–H groups in total. The van der Waals surface area contributed by atoms with E-state index in [1.165, 1.54) is 44.6 Å². The number of phosphoric ester groups is 1. The van der Waals surface area contributed by atoms with Gasteiger partial charge in [-0.25, -0.2) is 9.36 Å². The van der Waals surface area contributed by atoms with Crippen molar-refractivity contribution < 1.29 is 23.7 Å². The molecule has 0 unspecified atom stereocenters. The van der Waals surface area contributed by atoms with Crippen molar-refractivity contribution in [2.45, 2.75) is 92.4 Å². The molecule has 5 nitrogen and oxygen atoms in total.